The summed E-state index contributed by atoms with van der Waals surface area (Å²) in [4.78, 5) is 2.13. The Morgan fingerprint density at radius 1 is 1.24 bits per heavy atom. The highest BCUT2D eigenvalue weighted by atomic mass is 19.1. The van der Waals surface area contributed by atoms with Gasteiger partial charge in [0.1, 0.15) is 5.82 Å². The number of nitrogens with zero attached hydrogens (tertiary/aromatic N) is 4. The second-order valence-electron chi connectivity index (χ2n) is 6.27. The molecule has 0 saturated carbocycles. The van der Waals surface area contributed by atoms with Crippen LogP contribution in [0, 0.1) is 19.7 Å². The van der Waals surface area contributed by atoms with Crippen molar-refractivity contribution in [2.75, 3.05) is 13.6 Å². The molecule has 0 spiro atoms. The fourth-order valence-electron chi connectivity index (χ4n) is 2.83. The van der Waals surface area contributed by atoms with E-state index >= 15 is 0 Å². The molecule has 132 valence electrons. The maximum Gasteiger partial charge on any atom is 0.247 e. The number of aromatic amines is 1. The number of hydrogen-bond acceptors (Lipinski definition) is 5. The van der Waals surface area contributed by atoms with Crippen LogP contribution in [0.4, 0.5) is 4.39 Å². The summed E-state index contributed by atoms with van der Waals surface area (Å²) in [5, 5.41) is 15.3. The lowest BCUT2D eigenvalue weighted by molar-refractivity contribution is 0.286. The Balaban J connectivity index is 1.52. The molecular formula is C18H22FN5O. The van der Waals surface area contributed by atoms with E-state index in [9.17, 15) is 4.39 Å². The first-order chi connectivity index (χ1) is 12.0. The molecular weight excluding hydrogens is 321 g/mol. The van der Waals surface area contributed by atoms with E-state index in [0.717, 1.165) is 30.8 Å². The fourth-order valence-corrected chi connectivity index (χ4v) is 2.83. The zero-order chi connectivity index (χ0) is 17.8. The van der Waals surface area contributed by atoms with Crippen LogP contribution in [0.25, 0.3) is 11.5 Å². The molecule has 0 bridgehead atoms. The minimum Gasteiger partial charge on any atom is -0.419 e. The van der Waals surface area contributed by atoms with Crippen molar-refractivity contribution in [2.24, 2.45) is 0 Å². The number of aromatic nitrogens is 4. The van der Waals surface area contributed by atoms with Gasteiger partial charge in [-0.15, -0.1) is 10.2 Å². The topological polar surface area (TPSA) is 70.8 Å². The second-order valence-corrected chi connectivity index (χ2v) is 6.27. The average Bonchev–Trinajstić information content (AvgIpc) is 3.16. The van der Waals surface area contributed by atoms with E-state index in [0.29, 0.717) is 23.9 Å². The Hall–Kier alpha value is -2.54. The minimum atomic E-state index is -0.320. The number of benzene rings is 1. The van der Waals surface area contributed by atoms with Crippen molar-refractivity contribution in [2.45, 2.75) is 33.2 Å². The van der Waals surface area contributed by atoms with Crippen molar-refractivity contribution in [3.63, 3.8) is 0 Å². The fraction of sp³-hybridized carbons (Fsp3) is 0.389. The predicted octanol–water partition coefficient (Wildman–Crippen LogP) is 3.28. The Kier molecular flexibility index (Phi) is 5.23. The van der Waals surface area contributed by atoms with Gasteiger partial charge in [0.2, 0.25) is 11.8 Å². The van der Waals surface area contributed by atoms with E-state index in [2.05, 4.69) is 25.3 Å². The van der Waals surface area contributed by atoms with Crippen LogP contribution in [0.5, 0.6) is 0 Å². The third-order valence-corrected chi connectivity index (χ3v) is 4.19. The molecule has 0 radical (unpaired) electrons. The molecule has 1 aromatic carbocycles. The predicted molar refractivity (Wildman–Crippen MR) is 92.4 cm³/mol. The zero-order valence-corrected chi connectivity index (χ0v) is 14.7. The highest BCUT2D eigenvalue weighted by Gasteiger charge is 2.12. The molecule has 0 atom stereocenters. The molecule has 7 heteroatoms. The number of H-pyrrole nitrogens is 1. The molecule has 0 amide bonds. The van der Waals surface area contributed by atoms with Gasteiger partial charge in [-0.2, -0.15) is 5.10 Å². The van der Waals surface area contributed by atoms with Gasteiger partial charge in [0.05, 0.1) is 12.2 Å². The number of rotatable bonds is 7. The largest absolute Gasteiger partial charge is 0.419 e. The number of nitrogens with one attached hydrogen (secondary N) is 1. The molecule has 0 saturated heterocycles. The third kappa shape index (κ3) is 4.30. The summed E-state index contributed by atoms with van der Waals surface area (Å²) in [6.45, 7) is 5.54. The van der Waals surface area contributed by atoms with Crippen molar-refractivity contribution >= 4 is 0 Å². The van der Waals surface area contributed by atoms with E-state index < -0.39 is 0 Å². The Morgan fingerprint density at radius 2 is 2.08 bits per heavy atom. The summed E-state index contributed by atoms with van der Waals surface area (Å²) < 4.78 is 18.9. The Bertz CT molecular complexity index is 822. The van der Waals surface area contributed by atoms with E-state index in [1.807, 2.05) is 20.9 Å². The molecule has 3 aromatic rings. The van der Waals surface area contributed by atoms with E-state index in [4.69, 9.17) is 4.42 Å². The lowest BCUT2D eigenvalue weighted by Crippen LogP contribution is -2.20. The van der Waals surface area contributed by atoms with Crippen molar-refractivity contribution in [1.29, 1.82) is 0 Å². The lowest BCUT2D eigenvalue weighted by atomic mass is 10.1. The molecule has 0 fully saturated rings. The standard InChI is InChI=1S/C18H22FN5O/c1-12-16(13(2)21-20-12)8-5-9-24(3)11-17-22-23-18(25-17)14-6-4-7-15(19)10-14/h4,6-7,10H,5,8-9,11H2,1-3H3,(H,20,21). The summed E-state index contributed by atoms with van der Waals surface area (Å²) >= 11 is 0. The molecule has 1 N–H and O–H groups in total. The van der Waals surface area contributed by atoms with E-state index in [1.165, 1.54) is 17.7 Å². The first kappa shape index (κ1) is 17.3. The molecule has 0 aliphatic carbocycles. The highest BCUT2D eigenvalue weighted by Crippen LogP contribution is 2.19. The Morgan fingerprint density at radius 3 is 2.80 bits per heavy atom. The van der Waals surface area contributed by atoms with Crippen LogP contribution >= 0.6 is 0 Å². The van der Waals surface area contributed by atoms with Crippen LogP contribution in [0.3, 0.4) is 0 Å². The van der Waals surface area contributed by atoms with Crippen LogP contribution in [-0.2, 0) is 13.0 Å². The average molecular weight is 343 g/mol. The molecule has 0 aliphatic rings. The number of halogens is 1. The lowest BCUT2D eigenvalue weighted by Gasteiger charge is -2.13. The van der Waals surface area contributed by atoms with Gasteiger partial charge in [-0.1, -0.05) is 6.07 Å². The normalized spacial score (nSPS) is 11.4. The highest BCUT2D eigenvalue weighted by molar-refractivity contribution is 5.52. The minimum absolute atomic E-state index is 0.320. The molecule has 0 unspecified atom stereocenters. The van der Waals surface area contributed by atoms with Crippen LogP contribution < -0.4 is 0 Å². The van der Waals surface area contributed by atoms with Crippen LogP contribution in [0.15, 0.2) is 28.7 Å². The number of aryl methyl sites for hydroxylation is 2. The number of hydrogen-bond donors (Lipinski definition) is 1. The van der Waals surface area contributed by atoms with Gasteiger partial charge in [-0.3, -0.25) is 10.00 Å². The summed E-state index contributed by atoms with van der Waals surface area (Å²) in [5.41, 5.74) is 4.08. The van der Waals surface area contributed by atoms with Crippen molar-refractivity contribution < 1.29 is 8.81 Å². The van der Waals surface area contributed by atoms with Gasteiger partial charge in [-0.05, 0) is 64.0 Å². The van der Waals surface area contributed by atoms with Gasteiger partial charge in [-0.25, -0.2) is 4.39 Å². The summed E-state index contributed by atoms with van der Waals surface area (Å²) in [5.74, 6) is 0.546. The second kappa shape index (κ2) is 7.57. The summed E-state index contributed by atoms with van der Waals surface area (Å²) in [7, 11) is 2.02. The van der Waals surface area contributed by atoms with Crippen molar-refractivity contribution in [1.82, 2.24) is 25.3 Å². The molecule has 0 aliphatic heterocycles. The molecule has 2 aromatic heterocycles. The van der Waals surface area contributed by atoms with Crippen LogP contribution in [0.1, 0.15) is 29.3 Å². The van der Waals surface area contributed by atoms with E-state index in [-0.39, 0.29) is 5.82 Å². The molecule has 25 heavy (non-hydrogen) atoms. The molecule has 2 heterocycles. The molecule has 3 rings (SSSR count). The maximum absolute atomic E-state index is 13.3. The zero-order valence-electron chi connectivity index (χ0n) is 14.7. The van der Waals surface area contributed by atoms with Gasteiger partial charge in [0.15, 0.2) is 0 Å². The van der Waals surface area contributed by atoms with Crippen molar-refractivity contribution in [3.8, 4) is 11.5 Å². The maximum atomic E-state index is 13.3. The summed E-state index contributed by atoms with van der Waals surface area (Å²) in [6.07, 6.45) is 2.00. The van der Waals surface area contributed by atoms with Gasteiger partial charge < -0.3 is 4.42 Å². The smallest absolute Gasteiger partial charge is 0.247 e. The first-order valence-electron chi connectivity index (χ1n) is 8.30. The third-order valence-electron chi connectivity index (χ3n) is 4.19. The quantitative estimate of drug-likeness (QED) is 0.713. The van der Waals surface area contributed by atoms with Crippen LogP contribution in [0.2, 0.25) is 0 Å². The SMILES string of the molecule is Cc1n[nH]c(C)c1CCCN(C)Cc1nnc(-c2cccc(F)c2)o1. The van der Waals surface area contributed by atoms with Gasteiger partial charge in [0, 0.05) is 11.3 Å². The van der Waals surface area contributed by atoms with E-state index in [1.54, 1.807) is 12.1 Å². The van der Waals surface area contributed by atoms with Crippen molar-refractivity contribution in [3.05, 3.63) is 52.9 Å². The van der Waals surface area contributed by atoms with Gasteiger partial charge >= 0.3 is 0 Å². The Labute approximate surface area is 146 Å². The monoisotopic (exact) mass is 343 g/mol. The van der Waals surface area contributed by atoms with Crippen LogP contribution in [-0.4, -0.2) is 38.9 Å². The summed E-state index contributed by atoms with van der Waals surface area (Å²) in [6, 6.07) is 6.15. The molecule has 6 nitrogen and oxygen atoms in total. The first-order valence-corrected chi connectivity index (χ1v) is 8.30. The van der Waals surface area contributed by atoms with Gasteiger partial charge in [0.25, 0.3) is 0 Å².